The van der Waals surface area contributed by atoms with E-state index in [1.165, 1.54) is 24.3 Å². The molecule has 0 aliphatic rings. The molecule has 1 amide bonds. The second-order valence-electron chi connectivity index (χ2n) is 4.42. The summed E-state index contributed by atoms with van der Waals surface area (Å²) in [6.45, 7) is -0.233. The zero-order valence-electron chi connectivity index (χ0n) is 11.1. The van der Waals surface area contributed by atoms with Gasteiger partial charge >= 0.3 is 0 Å². The fraction of sp³-hybridized carbons (Fsp3) is 0.133. The molecule has 0 unspecified atom stereocenters. The normalized spacial score (nSPS) is 11.7. The smallest absolute Gasteiger partial charge is 0.269 e. The van der Waals surface area contributed by atoms with Crippen LogP contribution in [0.3, 0.4) is 0 Å². The van der Waals surface area contributed by atoms with Crippen molar-refractivity contribution in [2.24, 2.45) is 0 Å². The lowest BCUT2D eigenvalue weighted by atomic mass is 10.1. The minimum Gasteiger partial charge on any atom is -0.394 e. The number of nitrogens with one attached hydrogen (secondary N) is 1. The van der Waals surface area contributed by atoms with Crippen molar-refractivity contribution in [2.75, 3.05) is 6.61 Å². The minimum atomic E-state index is -0.526. The minimum absolute atomic E-state index is 0.0756. The molecular formula is C15H14N2O4. The Kier molecular flexibility index (Phi) is 4.63. The Labute approximate surface area is 121 Å². The van der Waals surface area contributed by atoms with Gasteiger partial charge in [-0.05, 0) is 17.7 Å². The van der Waals surface area contributed by atoms with Crippen molar-refractivity contribution in [3.8, 4) is 0 Å². The number of hydrogen-bond donors (Lipinski definition) is 2. The molecule has 2 aromatic carbocycles. The number of carbonyl (C=O) groups is 1. The Morgan fingerprint density at radius 1 is 1.14 bits per heavy atom. The van der Waals surface area contributed by atoms with E-state index in [-0.39, 0.29) is 12.3 Å². The second kappa shape index (κ2) is 6.62. The third-order valence-corrected chi connectivity index (χ3v) is 3.03. The van der Waals surface area contributed by atoms with E-state index in [1.54, 1.807) is 12.1 Å². The SMILES string of the molecule is O=C(N[C@@H](CO)c1ccccc1)c1ccc([N+](=O)[O-])cc1. The summed E-state index contributed by atoms with van der Waals surface area (Å²) in [5.74, 6) is -0.396. The zero-order chi connectivity index (χ0) is 15.2. The fourth-order valence-corrected chi connectivity index (χ4v) is 1.90. The molecule has 108 valence electrons. The molecule has 2 N–H and O–H groups in total. The Morgan fingerprint density at radius 3 is 2.29 bits per heavy atom. The van der Waals surface area contributed by atoms with E-state index < -0.39 is 16.9 Å². The summed E-state index contributed by atoms with van der Waals surface area (Å²) in [4.78, 5) is 22.1. The van der Waals surface area contributed by atoms with Gasteiger partial charge in [-0.25, -0.2) is 0 Å². The number of nitrogens with zero attached hydrogens (tertiary/aromatic N) is 1. The maximum atomic E-state index is 12.1. The van der Waals surface area contributed by atoms with E-state index in [2.05, 4.69) is 5.32 Å². The standard InChI is InChI=1S/C15H14N2O4/c18-10-14(11-4-2-1-3-5-11)16-15(19)12-6-8-13(9-7-12)17(20)21/h1-9,14,18H,10H2,(H,16,19)/t14-/m0/s1. The predicted octanol–water partition coefficient (Wildman–Crippen LogP) is 2.06. The molecule has 1 atom stereocenters. The maximum Gasteiger partial charge on any atom is 0.269 e. The average Bonchev–Trinajstić information content (AvgIpc) is 2.53. The number of nitro groups is 1. The molecule has 0 aliphatic heterocycles. The van der Waals surface area contributed by atoms with Crippen LogP contribution in [0.25, 0.3) is 0 Å². The lowest BCUT2D eigenvalue weighted by Gasteiger charge is -2.16. The lowest BCUT2D eigenvalue weighted by Crippen LogP contribution is -2.30. The number of aliphatic hydroxyl groups excluding tert-OH is 1. The number of carbonyl (C=O) groups excluding carboxylic acids is 1. The highest BCUT2D eigenvalue weighted by molar-refractivity contribution is 5.94. The second-order valence-corrected chi connectivity index (χ2v) is 4.42. The summed E-state index contributed by atoms with van der Waals surface area (Å²) in [5.41, 5.74) is 1.01. The van der Waals surface area contributed by atoms with Gasteiger partial charge in [-0.1, -0.05) is 30.3 Å². The Morgan fingerprint density at radius 2 is 1.76 bits per heavy atom. The van der Waals surface area contributed by atoms with Crippen LogP contribution in [0.2, 0.25) is 0 Å². The quantitative estimate of drug-likeness (QED) is 0.650. The molecule has 0 spiro atoms. The molecule has 0 saturated carbocycles. The van der Waals surface area contributed by atoms with Crippen molar-refractivity contribution in [1.82, 2.24) is 5.32 Å². The molecule has 0 bridgehead atoms. The van der Waals surface area contributed by atoms with Crippen LogP contribution in [0.5, 0.6) is 0 Å². The molecule has 0 fully saturated rings. The van der Waals surface area contributed by atoms with Gasteiger partial charge in [0.1, 0.15) is 0 Å². The molecule has 2 aromatic rings. The molecule has 0 saturated heterocycles. The van der Waals surface area contributed by atoms with Gasteiger partial charge in [0.25, 0.3) is 11.6 Å². The summed E-state index contributed by atoms with van der Waals surface area (Å²) in [5, 5.41) is 22.6. The van der Waals surface area contributed by atoms with Crippen LogP contribution in [0.15, 0.2) is 54.6 Å². The first kappa shape index (κ1) is 14.7. The van der Waals surface area contributed by atoms with Crippen molar-refractivity contribution >= 4 is 11.6 Å². The molecule has 0 radical (unpaired) electrons. The van der Waals surface area contributed by atoms with Crippen molar-refractivity contribution < 1.29 is 14.8 Å². The monoisotopic (exact) mass is 286 g/mol. The number of amides is 1. The number of rotatable bonds is 5. The summed E-state index contributed by atoms with van der Waals surface area (Å²) in [6, 6.07) is 13.9. The van der Waals surface area contributed by atoms with Crippen molar-refractivity contribution in [3.05, 3.63) is 75.8 Å². The van der Waals surface area contributed by atoms with Gasteiger partial charge in [0.2, 0.25) is 0 Å². The van der Waals surface area contributed by atoms with Crippen LogP contribution in [0.1, 0.15) is 22.0 Å². The highest BCUT2D eigenvalue weighted by Gasteiger charge is 2.15. The van der Waals surface area contributed by atoms with Crippen molar-refractivity contribution in [3.63, 3.8) is 0 Å². The van der Waals surface area contributed by atoms with Crippen molar-refractivity contribution in [2.45, 2.75) is 6.04 Å². The van der Waals surface area contributed by atoms with Crippen LogP contribution >= 0.6 is 0 Å². The van der Waals surface area contributed by atoms with Crippen LogP contribution in [0.4, 0.5) is 5.69 Å². The molecule has 0 aromatic heterocycles. The number of non-ortho nitro benzene ring substituents is 1. The van der Waals surface area contributed by atoms with Crippen LogP contribution in [0, 0.1) is 10.1 Å². The number of aliphatic hydroxyl groups is 1. The number of nitro benzene ring substituents is 1. The van der Waals surface area contributed by atoms with Crippen LogP contribution < -0.4 is 5.32 Å². The molecule has 6 heteroatoms. The third kappa shape index (κ3) is 3.64. The number of hydrogen-bond acceptors (Lipinski definition) is 4. The molecular weight excluding hydrogens is 272 g/mol. The first-order valence-electron chi connectivity index (χ1n) is 6.33. The van der Waals surface area contributed by atoms with E-state index in [1.807, 2.05) is 18.2 Å². The summed E-state index contributed by atoms with van der Waals surface area (Å²) >= 11 is 0. The fourth-order valence-electron chi connectivity index (χ4n) is 1.90. The van der Waals surface area contributed by atoms with E-state index >= 15 is 0 Å². The first-order chi connectivity index (χ1) is 10.1. The van der Waals surface area contributed by atoms with E-state index in [4.69, 9.17) is 0 Å². The average molecular weight is 286 g/mol. The van der Waals surface area contributed by atoms with Crippen LogP contribution in [-0.4, -0.2) is 22.5 Å². The van der Waals surface area contributed by atoms with E-state index in [9.17, 15) is 20.0 Å². The zero-order valence-corrected chi connectivity index (χ0v) is 11.1. The Balaban J connectivity index is 2.11. The van der Waals surface area contributed by atoms with Gasteiger partial charge < -0.3 is 10.4 Å². The lowest BCUT2D eigenvalue weighted by molar-refractivity contribution is -0.384. The molecule has 0 aliphatic carbocycles. The molecule has 21 heavy (non-hydrogen) atoms. The molecule has 2 rings (SSSR count). The molecule has 0 heterocycles. The van der Waals surface area contributed by atoms with Crippen molar-refractivity contribution in [1.29, 1.82) is 0 Å². The topological polar surface area (TPSA) is 92.5 Å². The first-order valence-corrected chi connectivity index (χ1v) is 6.33. The molecule has 6 nitrogen and oxygen atoms in total. The van der Waals surface area contributed by atoms with E-state index in [0.29, 0.717) is 5.56 Å². The Bertz CT molecular complexity index is 626. The highest BCUT2D eigenvalue weighted by Crippen LogP contribution is 2.15. The van der Waals surface area contributed by atoms with Gasteiger partial charge in [0.05, 0.1) is 17.6 Å². The summed E-state index contributed by atoms with van der Waals surface area (Å²) < 4.78 is 0. The Hall–Kier alpha value is -2.73. The third-order valence-electron chi connectivity index (χ3n) is 3.03. The van der Waals surface area contributed by atoms with Gasteiger partial charge in [-0.15, -0.1) is 0 Å². The highest BCUT2D eigenvalue weighted by atomic mass is 16.6. The van der Waals surface area contributed by atoms with Gasteiger partial charge in [-0.3, -0.25) is 14.9 Å². The van der Waals surface area contributed by atoms with Gasteiger partial charge in [0.15, 0.2) is 0 Å². The largest absolute Gasteiger partial charge is 0.394 e. The summed E-state index contributed by atoms with van der Waals surface area (Å²) in [6.07, 6.45) is 0. The van der Waals surface area contributed by atoms with Gasteiger partial charge in [-0.2, -0.15) is 0 Å². The number of benzene rings is 2. The maximum absolute atomic E-state index is 12.1. The van der Waals surface area contributed by atoms with Gasteiger partial charge in [0, 0.05) is 17.7 Å². The predicted molar refractivity (Wildman–Crippen MR) is 76.8 cm³/mol. The van der Waals surface area contributed by atoms with Crippen LogP contribution in [-0.2, 0) is 0 Å². The summed E-state index contributed by atoms with van der Waals surface area (Å²) in [7, 11) is 0. The van der Waals surface area contributed by atoms with E-state index in [0.717, 1.165) is 5.56 Å².